The summed E-state index contributed by atoms with van der Waals surface area (Å²) in [6.07, 6.45) is 5.33. The number of rotatable bonds is 3. The molecule has 0 radical (unpaired) electrons. The molecular weight excluding hydrogens is 198 g/mol. The first-order valence-electron chi connectivity index (χ1n) is 5.57. The van der Waals surface area contributed by atoms with Gasteiger partial charge in [0.15, 0.2) is 9.84 Å². The van der Waals surface area contributed by atoms with Gasteiger partial charge in [-0.1, -0.05) is 19.3 Å². The zero-order chi connectivity index (χ0) is 10.2. The summed E-state index contributed by atoms with van der Waals surface area (Å²) in [5.41, 5.74) is 5.72. The summed E-state index contributed by atoms with van der Waals surface area (Å²) >= 11 is 0. The molecule has 2 rings (SSSR count). The van der Waals surface area contributed by atoms with Crippen LogP contribution in [0.5, 0.6) is 0 Å². The predicted octanol–water partition coefficient (Wildman–Crippen LogP) is 0.939. The molecule has 4 heteroatoms. The Labute approximate surface area is 86.0 Å². The van der Waals surface area contributed by atoms with Crippen LogP contribution in [-0.2, 0) is 9.84 Å². The summed E-state index contributed by atoms with van der Waals surface area (Å²) in [4.78, 5) is 0. The van der Waals surface area contributed by atoms with Gasteiger partial charge in [0.1, 0.15) is 0 Å². The highest BCUT2D eigenvalue weighted by Gasteiger charge is 2.41. The van der Waals surface area contributed by atoms with Crippen LogP contribution in [0.1, 0.15) is 32.1 Å². The summed E-state index contributed by atoms with van der Waals surface area (Å²) < 4.78 is 23.5. The molecule has 2 aliphatic rings. The second kappa shape index (κ2) is 3.81. The van der Waals surface area contributed by atoms with Gasteiger partial charge in [-0.25, -0.2) is 8.42 Å². The number of hydrogen-bond donors (Lipinski definition) is 1. The van der Waals surface area contributed by atoms with Crippen molar-refractivity contribution in [2.75, 3.05) is 12.3 Å². The Balaban J connectivity index is 2.10. The molecule has 1 aliphatic heterocycles. The van der Waals surface area contributed by atoms with Crippen molar-refractivity contribution >= 4 is 9.84 Å². The molecule has 2 atom stereocenters. The lowest BCUT2D eigenvalue weighted by atomic mass is 9.74. The Bertz CT molecular complexity index is 295. The number of sulfone groups is 1. The molecule has 1 saturated heterocycles. The van der Waals surface area contributed by atoms with E-state index in [0.29, 0.717) is 18.2 Å². The van der Waals surface area contributed by atoms with E-state index in [0.717, 1.165) is 12.8 Å². The zero-order valence-corrected chi connectivity index (χ0v) is 9.30. The van der Waals surface area contributed by atoms with Crippen molar-refractivity contribution in [3.05, 3.63) is 0 Å². The van der Waals surface area contributed by atoms with Gasteiger partial charge in [0.2, 0.25) is 0 Å². The topological polar surface area (TPSA) is 60.2 Å². The van der Waals surface area contributed by atoms with Gasteiger partial charge < -0.3 is 5.73 Å². The summed E-state index contributed by atoms with van der Waals surface area (Å²) in [6.45, 7) is 0.550. The number of nitrogens with two attached hydrogens (primary N) is 1. The fraction of sp³-hybridized carbons (Fsp3) is 1.00. The maximum atomic E-state index is 11.8. The van der Waals surface area contributed by atoms with E-state index in [4.69, 9.17) is 5.73 Å². The highest BCUT2D eigenvalue weighted by Crippen LogP contribution is 2.39. The third kappa shape index (κ3) is 1.70. The van der Waals surface area contributed by atoms with Crippen LogP contribution in [0.3, 0.4) is 0 Å². The van der Waals surface area contributed by atoms with Gasteiger partial charge >= 0.3 is 0 Å². The van der Waals surface area contributed by atoms with Gasteiger partial charge in [-0.05, 0) is 31.2 Å². The van der Waals surface area contributed by atoms with Gasteiger partial charge in [-0.2, -0.15) is 0 Å². The molecule has 14 heavy (non-hydrogen) atoms. The van der Waals surface area contributed by atoms with E-state index in [-0.39, 0.29) is 11.2 Å². The van der Waals surface area contributed by atoms with Gasteiger partial charge in [0.05, 0.1) is 11.0 Å². The fourth-order valence-corrected chi connectivity index (χ4v) is 5.08. The first kappa shape index (κ1) is 10.4. The maximum Gasteiger partial charge on any atom is 0.153 e. The first-order chi connectivity index (χ1) is 6.65. The predicted molar refractivity (Wildman–Crippen MR) is 56.7 cm³/mol. The molecule has 0 bridgehead atoms. The van der Waals surface area contributed by atoms with E-state index >= 15 is 0 Å². The summed E-state index contributed by atoms with van der Waals surface area (Å²) in [5, 5.41) is -0.113. The summed E-state index contributed by atoms with van der Waals surface area (Å²) in [6, 6.07) is 0. The molecule has 3 nitrogen and oxygen atoms in total. The molecule has 1 heterocycles. The van der Waals surface area contributed by atoms with Crippen LogP contribution in [0.4, 0.5) is 0 Å². The van der Waals surface area contributed by atoms with Gasteiger partial charge in [0.25, 0.3) is 0 Å². The van der Waals surface area contributed by atoms with E-state index in [1.165, 1.54) is 19.3 Å². The smallest absolute Gasteiger partial charge is 0.153 e. The molecule has 0 aromatic heterocycles. The molecule has 1 aliphatic carbocycles. The Morgan fingerprint density at radius 2 is 1.93 bits per heavy atom. The lowest BCUT2D eigenvalue weighted by Gasteiger charge is -2.36. The van der Waals surface area contributed by atoms with Gasteiger partial charge in [0, 0.05) is 0 Å². The van der Waals surface area contributed by atoms with Crippen molar-refractivity contribution < 1.29 is 8.42 Å². The quantitative estimate of drug-likeness (QED) is 0.765. The molecule has 0 spiro atoms. The molecule has 0 aromatic carbocycles. The van der Waals surface area contributed by atoms with Crippen LogP contribution in [0.15, 0.2) is 0 Å². The lowest BCUT2D eigenvalue weighted by Crippen LogP contribution is -2.39. The molecular formula is C10H19NO2S. The van der Waals surface area contributed by atoms with Crippen LogP contribution in [0.2, 0.25) is 0 Å². The average Bonchev–Trinajstić information content (AvgIpc) is 2.37. The minimum atomic E-state index is -2.80. The molecule has 82 valence electrons. The van der Waals surface area contributed by atoms with Crippen LogP contribution >= 0.6 is 0 Å². The molecule has 1 saturated carbocycles. The normalized spacial score (nSPS) is 33.9. The highest BCUT2D eigenvalue weighted by atomic mass is 32.2. The SMILES string of the molecule is NCC(C1CCC1)C1CCCS1(=O)=O. The Morgan fingerprint density at radius 1 is 1.21 bits per heavy atom. The van der Waals surface area contributed by atoms with E-state index in [9.17, 15) is 8.42 Å². The van der Waals surface area contributed by atoms with Gasteiger partial charge in [-0.15, -0.1) is 0 Å². The van der Waals surface area contributed by atoms with Crippen LogP contribution in [0.25, 0.3) is 0 Å². The van der Waals surface area contributed by atoms with E-state index in [1.54, 1.807) is 0 Å². The zero-order valence-electron chi connectivity index (χ0n) is 8.48. The van der Waals surface area contributed by atoms with E-state index < -0.39 is 9.84 Å². The standard InChI is InChI=1S/C10H19NO2S/c11-7-9(8-3-1-4-8)10-5-2-6-14(10,12)13/h8-10H,1-7,11H2. The Kier molecular flexibility index (Phi) is 2.84. The first-order valence-corrected chi connectivity index (χ1v) is 7.28. The largest absolute Gasteiger partial charge is 0.330 e. The molecule has 2 N–H and O–H groups in total. The average molecular weight is 217 g/mol. The fourth-order valence-electron chi connectivity index (χ4n) is 2.81. The Hall–Kier alpha value is -0.0900. The van der Waals surface area contributed by atoms with Crippen molar-refractivity contribution in [1.82, 2.24) is 0 Å². The number of hydrogen-bond acceptors (Lipinski definition) is 3. The molecule has 2 fully saturated rings. The molecule has 0 aromatic rings. The van der Waals surface area contributed by atoms with Crippen molar-refractivity contribution in [1.29, 1.82) is 0 Å². The van der Waals surface area contributed by atoms with Crippen molar-refractivity contribution in [2.24, 2.45) is 17.6 Å². The molecule has 0 amide bonds. The minimum absolute atomic E-state index is 0.113. The maximum absolute atomic E-state index is 11.8. The van der Waals surface area contributed by atoms with Crippen LogP contribution in [-0.4, -0.2) is 26.0 Å². The molecule has 2 unspecified atom stereocenters. The van der Waals surface area contributed by atoms with E-state index in [1.807, 2.05) is 0 Å². The third-order valence-corrected chi connectivity index (χ3v) is 6.25. The van der Waals surface area contributed by atoms with Crippen molar-refractivity contribution in [2.45, 2.75) is 37.4 Å². The Morgan fingerprint density at radius 3 is 2.29 bits per heavy atom. The monoisotopic (exact) mass is 217 g/mol. The van der Waals surface area contributed by atoms with Gasteiger partial charge in [-0.3, -0.25) is 0 Å². The minimum Gasteiger partial charge on any atom is -0.330 e. The van der Waals surface area contributed by atoms with Crippen LogP contribution < -0.4 is 5.73 Å². The van der Waals surface area contributed by atoms with E-state index in [2.05, 4.69) is 0 Å². The second-order valence-electron chi connectivity index (χ2n) is 4.64. The third-order valence-electron chi connectivity index (χ3n) is 3.88. The van der Waals surface area contributed by atoms with Crippen molar-refractivity contribution in [3.63, 3.8) is 0 Å². The summed E-state index contributed by atoms with van der Waals surface area (Å²) in [5.74, 6) is 1.23. The van der Waals surface area contributed by atoms with Crippen LogP contribution in [0, 0.1) is 11.8 Å². The summed E-state index contributed by atoms with van der Waals surface area (Å²) in [7, 11) is -2.80. The highest BCUT2D eigenvalue weighted by molar-refractivity contribution is 7.92. The second-order valence-corrected chi connectivity index (χ2v) is 6.98. The van der Waals surface area contributed by atoms with Crippen molar-refractivity contribution in [3.8, 4) is 0 Å². The lowest BCUT2D eigenvalue weighted by molar-refractivity contribution is 0.202.